The molecule has 8 nitrogen and oxygen atoms in total. The minimum absolute atomic E-state index is 0.236. The average molecular weight is 425 g/mol. The van der Waals surface area contributed by atoms with Crippen LogP contribution in [-0.2, 0) is 9.53 Å². The number of hydrogen-bond acceptors (Lipinski definition) is 7. The van der Waals surface area contributed by atoms with Gasteiger partial charge in [0.25, 0.3) is 5.91 Å². The van der Waals surface area contributed by atoms with Crippen molar-refractivity contribution in [2.24, 2.45) is 0 Å². The molecule has 0 aliphatic heterocycles. The lowest BCUT2D eigenvalue weighted by Gasteiger charge is -2.14. The second-order valence-corrected chi connectivity index (χ2v) is 5.85. The number of nitrogens with one attached hydrogen (secondary N) is 1. The van der Waals surface area contributed by atoms with E-state index in [4.69, 9.17) is 18.9 Å². The van der Waals surface area contributed by atoms with Gasteiger partial charge in [-0.25, -0.2) is 4.79 Å². The molecule has 0 bridgehead atoms. The standard InChI is InChI=1S/C17H17BrN2O6/c1-23-13-5-12(6-14(24-2)16(13)25-3)20-15(21)9-26-17(22)10-4-11(18)8-19-7-10/h4-8H,9H2,1-3H3,(H,20,21). The van der Waals surface area contributed by atoms with E-state index in [0.29, 0.717) is 27.4 Å². The first kappa shape index (κ1) is 19.5. The Hall–Kier alpha value is -2.81. The van der Waals surface area contributed by atoms with E-state index in [9.17, 15) is 9.59 Å². The summed E-state index contributed by atoms with van der Waals surface area (Å²) in [5.74, 6) is 0.00899. The molecular weight excluding hydrogens is 408 g/mol. The lowest BCUT2D eigenvalue weighted by atomic mass is 10.2. The van der Waals surface area contributed by atoms with E-state index in [1.165, 1.54) is 33.7 Å². The Balaban J connectivity index is 2.02. The predicted octanol–water partition coefficient (Wildman–Crippen LogP) is 2.67. The number of halogens is 1. The summed E-state index contributed by atoms with van der Waals surface area (Å²) in [5, 5.41) is 2.60. The van der Waals surface area contributed by atoms with E-state index in [0.717, 1.165) is 0 Å². The highest BCUT2D eigenvalue weighted by Gasteiger charge is 2.16. The number of nitrogens with zero attached hydrogens (tertiary/aromatic N) is 1. The molecule has 1 amide bonds. The molecule has 2 aromatic rings. The van der Waals surface area contributed by atoms with Crippen LogP contribution in [0, 0.1) is 0 Å². The van der Waals surface area contributed by atoms with Gasteiger partial charge in [0.05, 0.1) is 26.9 Å². The maximum Gasteiger partial charge on any atom is 0.340 e. The molecule has 1 aromatic carbocycles. The molecule has 2 rings (SSSR count). The molecule has 0 saturated carbocycles. The van der Waals surface area contributed by atoms with Crippen LogP contribution in [0.3, 0.4) is 0 Å². The average Bonchev–Trinajstić information content (AvgIpc) is 2.65. The van der Waals surface area contributed by atoms with Crippen LogP contribution in [0.1, 0.15) is 10.4 Å². The highest BCUT2D eigenvalue weighted by Crippen LogP contribution is 2.39. The Morgan fingerprint density at radius 1 is 1.04 bits per heavy atom. The molecule has 0 unspecified atom stereocenters. The molecular formula is C17H17BrN2O6. The number of carbonyl (C=O) groups excluding carboxylic acids is 2. The molecule has 9 heteroatoms. The van der Waals surface area contributed by atoms with Crippen molar-refractivity contribution in [3.63, 3.8) is 0 Å². The van der Waals surface area contributed by atoms with Gasteiger partial charge in [-0.05, 0) is 22.0 Å². The van der Waals surface area contributed by atoms with Gasteiger partial charge in [-0.15, -0.1) is 0 Å². The second kappa shape index (κ2) is 9.04. The number of benzene rings is 1. The normalized spacial score (nSPS) is 10.0. The SMILES string of the molecule is COc1cc(NC(=O)COC(=O)c2cncc(Br)c2)cc(OC)c1OC. The summed E-state index contributed by atoms with van der Waals surface area (Å²) in [6.45, 7) is -0.456. The minimum atomic E-state index is -0.654. The largest absolute Gasteiger partial charge is 0.493 e. The van der Waals surface area contributed by atoms with E-state index < -0.39 is 18.5 Å². The first-order chi connectivity index (χ1) is 12.5. The van der Waals surface area contributed by atoms with Crippen LogP contribution < -0.4 is 19.5 Å². The third-order valence-electron chi connectivity index (χ3n) is 3.22. The molecule has 0 atom stereocenters. The fourth-order valence-corrected chi connectivity index (χ4v) is 2.45. The Kier molecular flexibility index (Phi) is 6.79. The number of anilines is 1. The minimum Gasteiger partial charge on any atom is -0.493 e. The summed E-state index contributed by atoms with van der Waals surface area (Å²) in [5.41, 5.74) is 0.643. The summed E-state index contributed by atoms with van der Waals surface area (Å²) >= 11 is 3.21. The fourth-order valence-electron chi connectivity index (χ4n) is 2.09. The Morgan fingerprint density at radius 2 is 1.69 bits per heavy atom. The lowest BCUT2D eigenvalue weighted by molar-refractivity contribution is -0.119. The Labute approximate surface area is 158 Å². The monoisotopic (exact) mass is 424 g/mol. The smallest absolute Gasteiger partial charge is 0.340 e. The van der Waals surface area contributed by atoms with Crippen LogP contribution in [0.4, 0.5) is 5.69 Å². The van der Waals surface area contributed by atoms with E-state index in [1.54, 1.807) is 18.2 Å². The molecule has 0 spiro atoms. The topological polar surface area (TPSA) is 96.0 Å². The van der Waals surface area contributed by atoms with Gasteiger partial charge in [-0.1, -0.05) is 0 Å². The zero-order valence-corrected chi connectivity index (χ0v) is 16.0. The van der Waals surface area contributed by atoms with E-state index in [-0.39, 0.29) is 5.56 Å². The first-order valence-electron chi connectivity index (χ1n) is 7.36. The number of hydrogen-bond donors (Lipinski definition) is 1. The molecule has 0 radical (unpaired) electrons. The van der Waals surface area contributed by atoms with Crippen LogP contribution >= 0.6 is 15.9 Å². The van der Waals surface area contributed by atoms with Crippen LogP contribution in [-0.4, -0.2) is 44.8 Å². The number of esters is 1. The van der Waals surface area contributed by atoms with Crippen LogP contribution in [0.5, 0.6) is 17.2 Å². The number of carbonyl (C=O) groups is 2. The Morgan fingerprint density at radius 3 is 2.23 bits per heavy atom. The van der Waals surface area contributed by atoms with Crippen molar-refractivity contribution in [1.29, 1.82) is 0 Å². The summed E-state index contributed by atoms with van der Waals surface area (Å²) in [7, 11) is 4.42. The molecule has 1 aromatic heterocycles. The van der Waals surface area contributed by atoms with Crippen molar-refractivity contribution in [3.8, 4) is 17.2 Å². The van der Waals surface area contributed by atoms with Gasteiger partial charge in [0, 0.05) is 34.7 Å². The van der Waals surface area contributed by atoms with Crippen molar-refractivity contribution in [2.45, 2.75) is 0 Å². The number of methoxy groups -OCH3 is 3. The zero-order valence-electron chi connectivity index (χ0n) is 14.4. The molecule has 26 heavy (non-hydrogen) atoms. The van der Waals surface area contributed by atoms with Gasteiger partial charge >= 0.3 is 5.97 Å². The fraction of sp³-hybridized carbons (Fsp3) is 0.235. The number of pyridine rings is 1. The van der Waals surface area contributed by atoms with Gasteiger partial charge < -0.3 is 24.3 Å². The maximum atomic E-state index is 12.0. The van der Waals surface area contributed by atoms with E-state index in [1.807, 2.05) is 0 Å². The number of ether oxygens (including phenoxy) is 4. The van der Waals surface area contributed by atoms with Crippen molar-refractivity contribution < 1.29 is 28.5 Å². The van der Waals surface area contributed by atoms with Crippen molar-refractivity contribution in [2.75, 3.05) is 33.3 Å². The molecule has 0 fully saturated rings. The highest BCUT2D eigenvalue weighted by molar-refractivity contribution is 9.10. The second-order valence-electron chi connectivity index (χ2n) is 4.93. The summed E-state index contributed by atoms with van der Waals surface area (Å²) in [4.78, 5) is 27.8. The molecule has 138 valence electrons. The Bertz CT molecular complexity index is 787. The predicted molar refractivity (Wildman–Crippen MR) is 96.9 cm³/mol. The number of aromatic nitrogens is 1. The van der Waals surface area contributed by atoms with E-state index >= 15 is 0 Å². The zero-order chi connectivity index (χ0) is 19.1. The molecule has 0 aliphatic carbocycles. The van der Waals surface area contributed by atoms with E-state index in [2.05, 4.69) is 26.2 Å². The molecule has 1 heterocycles. The first-order valence-corrected chi connectivity index (χ1v) is 8.15. The van der Waals surface area contributed by atoms with Crippen LogP contribution in [0.25, 0.3) is 0 Å². The third-order valence-corrected chi connectivity index (χ3v) is 3.66. The van der Waals surface area contributed by atoms with Crippen molar-refractivity contribution in [3.05, 3.63) is 40.6 Å². The third kappa shape index (κ3) is 4.85. The van der Waals surface area contributed by atoms with Gasteiger partial charge in [0.15, 0.2) is 18.1 Å². The summed E-state index contributed by atoms with van der Waals surface area (Å²) in [6.07, 6.45) is 2.89. The molecule has 1 N–H and O–H groups in total. The maximum absolute atomic E-state index is 12.0. The highest BCUT2D eigenvalue weighted by atomic mass is 79.9. The van der Waals surface area contributed by atoms with Crippen LogP contribution in [0.2, 0.25) is 0 Å². The van der Waals surface area contributed by atoms with Gasteiger partial charge in [-0.3, -0.25) is 9.78 Å². The lowest BCUT2D eigenvalue weighted by Crippen LogP contribution is -2.21. The van der Waals surface area contributed by atoms with Crippen LogP contribution in [0.15, 0.2) is 35.1 Å². The van der Waals surface area contributed by atoms with Gasteiger partial charge in [-0.2, -0.15) is 0 Å². The number of rotatable bonds is 7. The van der Waals surface area contributed by atoms with Crippen molar-refractivity contribution >= 4 is 33.5 Å². The quantitative estimate of drug-likeness (QED) is 0.682. The van der Waals surface area contributed by atoms with Gasteiger partial charge in [0.2, 0.25) is 5.75 Å². The number of amides is 1. The summed E-state index contributed by atoms with van der Waals surface area (Å²) < 4.78 is 21.3. The molecule has 0 aliphatic rings. The van der Waals surface area contributed by atoms with Crippen molar-refractivity contribution in [1.82, 2.24) is 4.98 Å². The molecule has 0 saturated heterocycles. The van der Waals surface area contributed by atoms with Gasteiger partial charge in [0.1, 0.15) is 0 Å². The summed E-state index contributed by atoms with van der Waals surface area (Å²) in [6, 6.07) is 4.69.